The van der Waals surface area contributed by atoms with Gasteiger partial charge in [-0.25, -0.2) is 0 Å². The maximum absolute atomic E-state index is 4.13. The van der Waals surface area contributed by atoms with Gasteiger partial charge in [0.2, 0.25) is 0 Å². The van der Waals surface area contributed by atoms with Crippen LogP contribution in [0.3, 0.4) is 0 Å². The molecule has 2 aliphatic rings. The van der Waals surface area contributed by atoms with Crippen LogP contribution in [0.2, 0.25) is 0 Å². The van der Waals surface area contributed by atoms with Crippen molar-refractivity contribution in [3.05, 3.63) is 360 Å². The number of benzene rings is 12. The summed E-state index contributed by atoms with van der Waals surface area (Å²) < 4.78 is 2.47. The van der Waals surface area contributed by atoms with Gasteiger partial charge in [-0.15, -0.1) is 0 Å². The van der Waals surface area contributed by atoms with Crippen molar-refractivity contribution >= 4 is 51.0 Å². The summed E-state index contributed by atoms with van der Waals surface area (Å²) in [6.45, 7) is 8.27. The van der Waals surface area contributed by atoms with Crippen LogP contribution in [0.25, 0.3) is 73.0 Å². The first kappa shape index (κ1) is 48.8. The molecule has 0 fully saturated rings. The fraction of sp³-hybridized carbons (Fsp3) is 0.0500. The van der Waals surface area contributed by atoms with Crippen LogP contribution in [0, 0.1) is 0 Å². The Balaban J connectivity index is 0.985. The number of para-hydroxylation sites is 2. The van der Waals surface area contributed by atoms with Gasteiger partial charge < -0.3 is 9.47 Å². The van der Waals surface area contributed by atoms with Crippen molar-refractivity contribution in [1.29, 1.82) is 0 Å². The van der Waals surface area contributed by atoms with Crippen LogP contribution in [0.1, 0.15) is 55.6 Å². The van der Waals surface area contributed by atoms with E-state index in [1.54, 1.807) is 0 Å². The molecule has 82 heavy (non-hydrogen) atoms. The molecule has 0 unspecified atom stereocenters. The topological polar surface area (TPSA) is 8.17 Å². The van der Waals surface area contributed by atoms with Gasteiger partial charge in [-0.3, -0.25) is 0 Å². The minimum absolute atomic E-state index is 0.515. The second-order valence-corrected chi connectivity index (χ2v) is 22.2. The van der Waals surface area contributed by atoms with E-state index < -0.39 is 10.8 Å². The van der Waals surface area contributed by atoms with E-state index in [0.717, 1.165) is 46.7 Å². The van der Waals surface area contributed by atoms with E-state index in [4.69, 9.17) is 0 Å². The van der Waals surface area contributed by atoms with Crippen molar-refractivity contribution in [2.75, 3.05) is 4.90 Å². The smallest absolute Gasteiger partial charge is 0.0714 e. The van der Waals surface area contributed by atoms with E-state index in [1.807, 2.05) is 12.2 Å². The molecule has 0 saturated heterocycles. The molecule has 13 aromatic rings. The van der Waals surface area contributed by atoms with Gasteiger partial charge in [0.25, 0.3) is 0 Å². The molecule has 2 aliphatic carbocycles. The number of aromatic nitrogens is 1. The minimum atomic E-state index is -0.571. The van der Waals surface area contributed by atoms with Gasteiger partial charge in [-0.05, 0) is 163 Å². The van der Waals surface area contributed by atoms with Gasteiger partial charge in [0.15, 0.2) is 0 Å². The number of hydrogen-bond acceptors (Lipinski definition) is 1. The maximum atomic E-state index is 4.13. The summed E-state index contributed by atoms with van der Waals surface area (Å²) in [6.07, 6.45) is 5.42. The lowest BCUT2D eigenvalue weighted by molar-refractivity contribution is 0.520. The van der Waals surface area contributed by atoms with Crippen LogP contribution in [-0.2, 0) is 23.7 Å². The van der Waals surface area contributed by atoms with Crippen LogP contribution in [0.4, 0.5) is 17.1 Å². The van der Waals surface area contributed by atoms with Crippen molar-refractivity contribution in [2.45, 2.75) is 23.7 Å². The molecule has 0 atom stereocenters. The van der Waals surface area contributed by atoms with Gasteiger partial charge in [0, 0.05) is 38.9 Å². The number of anilines is 3. The quantitative estimate of drug-likeness (QED) is 0.112. The number of fused-ring (bicyclic) bond motifs is 9. The molecule has 0 saturated carbocycles. The number of nitrogens with zero attached hydrogens (tertiary/aromatic N) is 2. The molecule has 0 radical (unpaired) electrons. The molecule has 0 N–H and O–H groups in total. The highest BCUT2D eigenvalue weighted by Crippen LogP contribution is 2.59. The Morgan fingerprint density at radius 3 is 1.33 bits per heavy atom. The zero-order valence-electron chi connectivity index (χ0n) is 45.6. The Morgan fingerprint density at radius 2 is 0.768 bits per heavy atom. The molecule has 0 bridgehead atoms. The lowest BCUT2D eigenvalue weighted by Gasteiger charge is -2.36. The lowest BCUT2D eigenvalue weighted by Crippen LogP contribution is -2.31. The van der Waals surface area contributed by atoms with E-state index in [2.05, 4.69) is 314 Å². The highest BCUT2D eigenvalue weighted by atomic mass is 15.1. The second-order valence-electron chi connectivity index (χ2n) is 22.2. The molecular weight excluding hydrogens is 989 g/mol. The molecule has 2 heteroatoms. The lowest BCUT2D eigenvalue weighted by atomic mass is 9.67. The first-order chi connectivity index (χ1) is 40.5. The molecule has 12 aromatic carbocycles. The second kappa shape index (κ2) is 19.8. The maximum Gasteiger partial charge on any atom is 0.0714 e. The number of hydrogen-bond donors (Lipinski definition) is 0. The van der Waals surface area contributed by atoms with E-state index in [0.29, 0.717) is 0 Å². The van der Waals surface area contributed by atoms with Gasteiger partial charge >= 0.3 is 0 Å². The third-order valence-corrected chi connectivity index (χ3v) is 17.8. The molecule has 0 aliphatic heterocycles. The summed E-state index contributed by atoms with van der Waals surface area (Å²) in [6, 6.07) is 109. The van der Waals surface area contributed by atoms with Gasteiger partial charge in [0.05, 0.1) is 16.4 Å². The molecule has 0 spiro atoms. The average molecular weight is 1050 g/mol. The predicted octanol–water partition coefficient (Wildman–Crippen LogP) is 20.3. The van der Waals surface area contributed by atoms with E-state index in [9.17, 15) is 0 Å². The standard InChI is InChI=1S/C80H58N2/c1-3-55-32-36-57(37-33-55)53-79(54-58-38-34-56(4-2)35-39-58)74-50-64(44-47-68(74)69-48-46-66(51-75(69)79)82-77-30-18-15-27-71(77)72-28-16-19-31-78(72)82)81(63-42-40-60(41-43-63)59-20-8-5-9-21-59)65-45-49-70-67-26-14-17-29-73(67)80(76(70)52-65,61-22-10-6-11-23-61)62-24-12-7-13-25-62/h3-52H,1-2,53-54H2. The van der Waals surface area contributed by atoms with E-state index in [1.165, 1.54) is 99.7 Å². The van der Waals surface area contributed by atoms with Crippen molar-refractivity contribution in [3.63, 3.8) is 0 Å². The zero-order chi connectivity index (χ0) is 54.8. The van der Waals surface area contributed by atoms with Crippen LogP contribution >= 0.6 is 0 Å². The van der Waals surface area contributed by atoms with E-state index in [-0.39, 0.29) is 0 Å². The summed E-state index contributed by atoms with van der Waals surface area (Å²) >= 11 is 0. The predicted molar refractivity (Wildman–Crippen MR) is 345 cm³/mol. The molecule has 15 rings (SSSR count). The molecule has 2 nitrogen and oxygen atoms in total. The van der Waals surface area contributed by atoms with Crippen molar-refractivity contribution in [3.8, 4) is 39.1 Å². The Hall–Kier alpha value is -10.3. The Labute approximate surface area is 480 Å². The van der Waals surface area contributed by atoms with E-state index >= 15 is 0 Å². The van der Waals surface area contributed by atoms with Crippen molar-refractivity contribution in [1.82, 2.24) is 4.57 Å². The summed E-state index contributed by atoms with van der Waals surface area (Å²) in [4.78, 5) is 2.51. The Morgan fingerprint density at radius 1 is 0.341 bits per heavy atom. The Kier molecular flexibility index (Phi) is 11.8. The van der Waals surface area contributed by atoms with Crippen molar-refractivity contribution < 1.29 is 0 Å². The van der Waals surface area contributed by atoms with Gasteiger partial charge in [0.1, 0.15) is 0 Å². The first-order valence-corrected chi connectivity index (χ1v) is 28.5. The molecular formula is C80H58N2. The number of rotatable bonds is 13. The molecule has 1 aromatic heterocycles. The van der Waals surface area contributed by atoms with Gasteiger partial charge in [-0.2, -0.15) is 0 Å². The first-order valence-electron chi connectivity index (χ1n) is 28.5. The average Bonchev–Trinajstić information content (AvgIpc) is 3.11. The largest absolute Gasteiger partial charge is 0.310 e. The Bertz CT molecular complexity index is 4420. The minimum Gasteiger partial charge on any atom is -0.310 e. The van der Waals surface area contributed by atoms with Crippen molar-refractivity contribution in [2.24, 2.45) is 0 Å². The molecule has 0 amide bonds. The molecule has 388 valence electrons. The highest BCUT2D eigenvalue weighted by Gasteiger charge is 2.47. The van der Waals surface area contributed by atoms with Crippen LogP contribution in [0.15, 0.2) is 304 Å². The normalized spacial score (nSPS) is 13.3. The third-order valence-electron chi connectivity index (χ3n) is 17.8. The summed E-state index contributed by atoms with van der Waals surface area (Å²) in [5, 5.41) is 2.50. The fourth-order valence-electron chi connectivity index (χ4n) is 14.1. The highest BCUT2D eigenvalue weighted by molar-refractivity contribution is 6.09. The monoisotopic (exact) mass is 1050 g/mol. The molecule has 1 heterocycles. The van der Waals surface area contributed by atoms with Gasteiger partial charge in [-0.1, -0.05) is 256 Å². The third kappa shape index (κ3) is 7.78. The summed E-state index contributed by atoms with van der Waals surface area (Å²) in [7, 11) is 0. The fourth-order valence-corrected chi connectivity index (χ4v) is 14.1. The van der Waals surface area contributed by atoms with Crippen LogP contribution in [-0.4, -0.2) is 4.57 Å². The van der Waals surface area contributed by atoms with Crippen LogP contribution in [0.5, 0.6) is 0 Å². The van der Waals surface area contributed by atoms with Crippen LogP contribution < -0.4 is 4.90 Å². The summed E-state index contributed by atoms with van der Waals surface area (Å²) in [5.41, 5.74) is 25.5. The summed E-state index contributed by atoms with van der Waals surface area (Å²) in [5.74, 6) is 0. The zero-order valence-corrected chi connectivity index (χ0v) is 45.6. The SMILES string of the molecule is C=Cc1ccc(CC2(Cc3ccc(C=C)cc3)c3cc(N(c4ccc(-c5ccccc5)cc4)c4ccc5c(c4)C(c4ccccc4)(c4ccccc4)c4ccccc4-5)ccc3-c3ccc(-n4c5ccccc5c5ccccc54)cc32)cc1.